The number of hydrogen-bond acceptors (Lipinski definition) is 12. The van der Waals surface area contributed by atoms with Crippen molar-refractivity contribution in [2.75, 3.05) is 49.3 Å². The Morgan fingerprint density at radius 1 is 0.914 bits per heavy atom. The third-order valence-corrected chi connectivity index (χ3v) is 12.1. The van der Waals surface area contributed by atoms with Crippen LogP contribution < -0.4 is 20.3 Å². The van der Waals surface area contributed by atoms with E-state index in [9.17, 15) is 28.1 Å². The molecule has 4 aromatic carbocycles. The van der Waals surface area contributed by atoms with E-state index in [1.54, 1.807) is 18.2 Å². The van der Waals surface area contributed by atoms with E-state index in [-0.39, 0.29) is 17.3 Å². The fourth-order valence-corrected chi connectivity index (χ4v) is 8.72. The van der Waals surface area contributed by atoms with Crippen molar-refractivity contribution in [1.29, 1.82) is 0 Å². The molecule has 0 saturated heterocycles. The predicted molar refractivity (Wildman–Crippen MR) is 226 cm³/mol. The number of nitrogens with zero attached hydrogens (tertiary/aromatic N) is 5. The van der Waals surface area contributed by atoms with Crippen LogP contribution in [0, 0.1) is 10.1 Å². The molecule has 2 amide bonds. The number of rotatable bonds is 15. The molecule has 0 aliphatic carbocycles. The Bertz CT molecular complexity index is 2570. The fourth-order valence-electron chi connectivity index (χ4n) is 6.88. The molecule has 0 fully saturated rings. The van der Waals surface area contributed by atoms with Gasteiger partial charge in [0.2, 0.25) is 0 Å². The maximum Gasteiger partial charge on any atom is 0.293 e. The lowest BCUT2D eigenvalue weighted by molar-refractivity contribution is -0.384. The largest absolute Gasteiger partial charge is 0.379 e. The molecule has 0 radical (unpaired) electrons. The third-order valence-electron chi connectivity index (χ3n) is 9.86. The number of carbonyl (C=O) groups is 2. The van der Waals surface area contributed by atoms with Gasteiger partial charge < -0.3 is 15.1 Å². The molecule has 0 bridgehead atoms. The summed E-state index contributed by atoms with van der Waals surface area (Å²) < 4.78 is 30.4. The average molecular weight is 819 g/mol. The molecule has 0 atom stereocenters. The van der Waals surface area contributed by atoms with Crippen LogP contribution in [0.15, 0.2) is 108 Å². The number of anilines is 3. The molecular weight excluding hydrogens is 777 g/mol. The minimum Gasteiger partial charge on any atom is -0.379 e. The maximum atomic E-state index is 14.0. The molecule has 1 aliphatic heterocycles. The first-order chi connectivity index (χ1) is 27.9. The standard InChI is InChI=1S/C42H42N8O6S2/c1-48(2)24-9-23-43-34-20-19-31(26-36(34)50(53)54)58(55,56)47-41(52)39-30(17-16-28-10-4-3-5-11-28)18-21-38(45-39)49-25-22-29-12-8-13-32(33(29)27-49)40(51)46-42-44-35-14-6-7-15-37(35)57-42/h3-8,10-15,18-21,26,43H,9,16-17,22-25,27H2,1-2H3,(H,47,52)(H,44,46,51). The van der Waals surface area contributed by atoms with Crippen LogP contribution in [0.1, 0.15) is 49.5 Å². The van der Waals surface area contributed by atoms with E-state index in [1.807, 2.05) is 90.6 Å². The molecule has 0 unspecified atom stereocenters. The van der Waals surface area contributed by atoms with E-state index in [0.29, 0.717) is 67.4 Å². The van der Waals surface area contributed by atoms with Gasteiger partial charge in [-0.2, -0.15) is 0 Å². The minimum absolute atomic E-state index is 0.0849. The van der Waals surface area contributed by atoms with Crippen molar-refractivity contribution < 1.29 is 22.9 Å². The molecule has 3 heterocycles. The van der Waals surface area contributed by atoms with Crippen LogP contribution in [0.5, 0.6) is 0 Å². The van der Waals surface area contributed by atoms with Crippen LogP contribution in [-0.4, -0.2) is 73.8 Å². The van der Waals surface area contributed by atoms with Gasteiger partial charge in [-0.1, -0.05) is 72.0 Å². The third kappa shape index (κ3) is 9.31. The van der Waals surface area contributed by atoms with Crippen LogP contribution in [0.4, 0.5) is 22.3 Å². The monoisotopic (exact) mass is 818 g/mol. The summed E-state index contributed by atoms with van der Waals surface area (Å²) in [6, 6.07) is 30.0. The topological polar surface area (TPSA) is 180 Å². The highest BCUT2D eigenvalue weighted by Gasteiger charge is 2.28. The van der Waals surface area contributed by atoms with E-state index in [4.69, 9.17) is 4.98 Å². The van der Waals surface area contributed by atoms with Crippen LogP contribution in [0.2, 0.25) is 0 Å². The summed E-state index contributed by atoms with van der Waals surface area (Å²) >= 11 is 1.39. The molecule has 0 saturated carbocycles. The minimum atomic E-state index is -4.57. The van der Waals surface area contributed by atoms with Gasteiger partial charge in [-0.25, -0.2) is 23.1 Å². The Kier molecular flexibility index (Phi) is 12.1. The van der Waals surface area contributed by atoms with Crippen molar-refractivity contribution >= 4 is 65.7 Å². The van der Waals surface area contributed by atoms with Crippen LogP contribution in [0.25, 0.3) is 10.2 Å². The number of thiazole rings is 1. The number of aryl methyl sites for hydroxylation is 2. The number of sulfonamides is 1. The van der Waals surface area contributed by atoms with E-state index < -0.39 is 31.4 Å². The van der Waals surface area contributed by atoms with E-state index in [1.165, 1.54) is 23.5 Å². The molecule has 298 valence electrons. The summed E-state index contributed by atoms with van der Waals surface area (Å²) in [4.78, 5) is 51.8. The number of pyridine rings is 1. The maximum absolute atomic E-state index is 14.0. The highest BCUT2D eigenvalue weighted by Crippen LogP contribution is 2.31. The van der Waals surface area contributed by atoms with Gasteiger partial charge in [0, 0.05) is 31.3 Å². The lowest BCUT2D eigenvalue weighted by Crippen LogP contribution is -2.35. The first kappa shape index (κ1) is 40.0. The molecule has 6 aromatic rings. The summed E-state index contributed by atoms with van der Waals surface area (Å²) in [7, 11) is -0.724. The number of benzene rings is 4. The first-order valence-electron chi connectivity index (χ1n) is 18.8. The number of aromatic nitrogens is 2. The number of amides is 2. The van der Waals surface area contributed by atoms with Crippen molar-refractivity contribution in [3.05, 3.63) is 147 Å². The lowest BCUT2D eigenvalue weighted by Gasteiger charge is -2.31. The number of hydrogen-bond donors (Lipinski definition) is 3. The number of nitro groups is 1. The summed E-state index contributed by atoms with van der Waals surface area (Å²) in [5.41, 5.74) is 4.33. The average Bonchev–Trinajstić information content (AvgIpc) is 3.63. The van der Waals surface area contributed by atoms with E-state index in [2.05, 4.69) is 20.3 Å². The fraction of sp³-hybridized carbons (Fsp3) is 0.238. The van der Waals surface area contributed by atoms with Crippen molar-refractivity contribution in [3.8, 4) is 0 Å². The first-order valence-corrected chi connectivity index (χ1v) is 21.1. The number of nitrogens with one attached hydrogen (secondary N) is 3. The Morgan fingerprint density at radius 3 is 2.48 bits per heavy atom. The Labute approximate surface area is 340 Å². The van der Waals surface area contributed by atoms with Gasteiger partial charge in [-0.3, -0.25) is 25.0 Å². The van der Waals surface area contributed by atoms with Crippen molar-refractivity contribution in [2.24, 2.45) is 0 Å². The Balaban J connectivity index is 1.14. The van der Waals surface area contributed by atoms with Gasteiger partial charge in [-0.05, 0) is 105 Å². The van der Waals surface area contributed by atoms with Gasteiger partial charge in [0.05, 0.1) is 20.0 Å². The van der Waals surface area contributed by atoms with Crippen LogP contribution in [0.3, 0.4) is 0 Å². The highest BCUT2D eigenvalue weighted by molar-refractivity contribution is 7.90. The normalized spacial score (nSPS) is 12.6. The zero-order valence-corrected chi connectivity index (χ0v) is 33.6. The van der Waals surface area contributed by atoms with Gasteiger partial charge in [0.1, 0.15) is 17.2 Å². The summed E-state index contributed by atoms with van der Waals surface area (Å²) in [5, 5.41) is 18.5. The molecular formula is C42H42N8O6S2. The summed E-state index contributed by atoms with van der Waals surface area (Å²) in [6.45, 7) is 2.05. The number of para-hydroxylation sites is 1. The van der Waals surface area contributed by atoms with Crippen molar-refractivity contribution in [2.45, 2.75) is 37.1 Å². The van der Waals surface area contributed by atoms with Gasteiger partial charge >= 0.3 is 0 Å². The predicted octanol–water partition coefficient (Wildman–Crippen LogP) is 6.68. The van der Waals surface area contributed by atoms with Crippen LogP contribution >= 0.6 is 11.3 Å². The molecule has 7 rings (SSSR count). The number of fused-ring (bicyclic) bond motifs is 2. The van der Waals surface area contributed by atoms with E-state index in [0.717, 1.165) is 39.5 Å². The molecule has 14 nitrogen and oxygen atoms in total. The second-order valence-corrected chi connectivity index (χ2v) is 16.9. The summed E-state index contributed by atoms with van der Waals surface area (Å²) in [5.74, 6) is -0.828. The lowest BCUT2D eigenvalue weighted by atomic mass is 9.94. The summed E-state index contributed by atoms with van der Waals surface area (Å²) in [6.07, 6.45) is 2.27. The molecule has 16 heteroatoms. The molecule has 58 heavy (non-hydrogen) atoms. The molecule has 1 aliphatic rings. The van der Waals surface area contributed by atoms with Gasteiger partial charge in [0.15, 0.2) is 5.13 Å². The SMILES string of the molecule is CN(C)CCCNc1ccc(S(=O)(=O)NC(=O)c2nc(N3CCc4cccc(C(=O)Nc5nc6ccccc6s5)c4C3)ccc2CCc2ccccc2)cc1[N+](=O)[O-]. The highest BCUT2D eigenvalue weighted by atomic mass is 32.2. The second kappa shape index (κ2) is 17.5. The quantitative estimate of drug-likeness (QED) is 0.0572. The van der Waals surface area contributed by atoms with Crippen molar-refractivity contribution in [1.82, 2.24) is 19.6 Å². The van der Waals surface area contributed by atoms with Crippen molar-refractivity contribution in [3.63, 3.8) is 0 Å². The molecule has 2 aromatic heterocycles. The van der Waals surface area contributed by atoms with Crippen LogP contribution in [-0.2, 0) is 35.8 Å². The smallest absolute Gasteiger partial charge is 0.293 e. The zero-order chi connectivity index (χ0) is 40.8. The molecule has 0 spiro atoms. The number of nitro benzene ring substituents is 1. The second-order valence-electron chi connectivity index (χ2n) is 14.2. The molecule has 3 N–H and O–H groups in total. The number of carbonyl (C=O) groups excluding carboxylic acids is 2. The zero-order valence-electron chi connectivity index (χ0n) is 32.0. The van der Waals surface area contributed by atoms with Gasteiger partial charge in [0.25, 0.3) is 27.5 Å². The van der Waals surface area contributed by atoms with Gasteiger partial charge in [-0.15, -0.1) is 0 Å². The van der Waals surface area contributed by atoms with E-state index >= 15 is 0 Å². The Hall–Kier alpha value is -6.23. The Morgan fingerprint density at radius 2 is 1.71 bits per heavy atom.